The minimum absolute atomic E-state index is 0.278. The van der Waals surface area contributed by atoms with E-state index in [9.17, 15) is 14.0 Å². The monoisotopic (exact) mass is 294 g/mol. The number of hydrogen-bond acceptors (Lipinski definition) is 4. The van der Waals surface area contributed by atoms with Gasteiger partial charge in [-0.2, -0.15) is 0 Å². The van der Waals surface area contributed by atoms with E-state index in [1.807, 2.05) is 6.92 Å². The highest BCUT2D eigenvalue weighted by Gasteiger charge is 2.12. The maximum absolute atomic E-state index is 13.3. The molecule has 0 aliphatic rings. The van der Waals surface area contributed by atoms with Crippen LogP contribution in [0.5, 0.6) is 0 Å². The average molecular weight is 294 g/mol. The van der Waals surface area contributed by atoms with E-state index in [-0.39, 0.29) is 5.56 Å². The number of aromatic nitrogens is 2. The molecule has 1 aromatic heterocycles. The molecule has 1 heterocycles. The molecule has 104 valence electrons. The fourth-order valence-electron chi connectivity index (χ4n) is 1.56. The lowest BCUT2D eigenvalue weighted by atomic mass is 10.2. The number of H-pyrrole nitrogens is 1. The zero-order valence-corrected chi connectivity index (χ0v) is 11.3. The number of halogens is 1. The number of aromatic carboxylic acids is 1. The molecular weight excluding hydrogens is 283 g/mol. The Hall–Kier alpha value is -2.15. The van der Waals surface area contributed by atoms with Crippen LogP contribution in [0, 0.1) is 5.82 Å². The van der Waals surface area contributed by atoms with Crippen LogP contribution in [-0.2, 0) is 6.42 Å². The van der Waals surface area contributed by atoms with Crippen LogP contribution in [0.15, 0.2) is 39.0 Å². The van der Waals surface area contributed by atoms with Crippen molar-refractivity contribution in [3.05, 3.63) is 51.8 Å². The number of carbonyl (C=O) groups is 1. The second-order valence-electron chi connectivity index (χ2n) is 3.93. The van der Waals surface area contributed by atoms with Crippen molar-refractivity contribution in [1.29, 1.82) is 0 Å². The van der Waals surface area contributed by atoms with Crippen molar-refractivity contribution in [2.45, 2.75) is 23.3 Å². The molecule has 2 N–H and O–H groups in total. The summed E-state index contributed by atoms with van der Waals surface area (Å²) in [6.07, 6.45) is 0.577. The molecule has 7 heteroatoms. The molecule has 2 rings (SSSR count). The number of nitrogens with zero attached hydrogens (tertiary/aromatic N) is 1. The summed E-state index contributed by atoms with van der Waals surface area (Å²) in [7, 11) is 0. The van der Waals surface area contributed by atoms with Crippen molar-refractivity contribution in [2.24, 2.45) is 0 Å². The lowest BCUT2D eigenvalue weighted by Gasteiger charge is -2.04. The third kappa shape index (κ3) is 3.24. The highest BCUT2D eigenvalue weighted by atomic mass is 32.2. The summed E-state index contributed by atoms with van der Waals surface area (Å²) in [6, 6.07) is 5.06. The molecule has 0 amide bonds. The molecule has 0 bridgehead atoms. The molecule has 0 saturated heterocycles. The number of nitrogens with one attached hydrogen (secondary N) is 1. The van der Waals surface area contributed by atoms with E-state index in [1.54, 1.807) is 0 Å². The molecule has 5 nitrogen and oxygen atoms in total. The van der Waals surface area contributed by atoms with E-state index in [0.29, 0.717) is 22.2 Å². The van der Waals surface area contributed by atoms with E-state index in [4.69, 9.17) is 5.11 Å². The maximum Gasteiger partial charge on any atom is 0.338 e. The molecule has 0 unspecified atom stereocenters. The van der Waals surface area contributed by atoms with Crippen molar-refractivity contribution in [3.8, 4) is 0 Å². The van der Waals surface area contributed by atoms with Crippen LogP contribution in [0.2, 0.25) is 0 Å². The maximum atomic E-state index is 13.3. The van der Waals surface area contributed by atoms with Gasteiger partial charge in [-0.05, 0) is 18.2 Å². The number of benzene rings is 1. The standard InChI is InChI=1S/C13H11FN2O3S/c1-2-10-15-11(17)6-12(16-10)20-7-3-4-9(14)8(5-7)13(18)19/h3-6H,2H2,1H3,(H,18,19)(H,15,16,17). The lowest BCUT2D eigenvalue weighted by molar-refractivity contribution is 0.0691. The smallest absolute Gasteiger partial charge is 0.338 e. The molecule has 0 atom stereocenters. The first-order valence-electron chi connectivity index (χ1n) is 5.80. The van der Waals surface area contributed by atoms with E-state index in [0.717, 1.165) is 17.8 Å². The predicted molar refractivity (Wildman–Crippen MR) is 71.7 cm³/mol. The molecule has 0 spiro atoms. The summed E-state index contributed by atoms with van der Waals surface area (Å²) >= 11 is 1.11. The quantitative estimate of drug-likeness (QED) is 0.846. The number of aryl methyl sites for hydroxylation is 1. The summed E-state index contributed by atoms with van der Waals surface area (Å²) < 4.78 is 13.3. The predicted octanol–water partition coefficient (Wildman–Crippen LogP) is 2.32. The number of carboxylic acids is 1. The van der Waals surface area contributed by atoms with Gasteiger partial charge in [0.1, 0.15) is 16.7 Å². The third-order valence-electron chi connectivity index (χ3n) is 2.49. The molecular formula is C13H11FN2O3S. The second kappa shape index (κ2) is 5.87. The highest BCUT2D eigenvalue weighted by molar-refractivity contribution is 7.99. The Balaban J connectivity index is 2.35. The zero-order chi connectivity index (χ0) is 14.7. The molecule has 0 saturated carbocycles. The van der Waals surface area contributed by atoms with Gasteiger partial charge in [-0.1, -0.05) is 18.7 Å². The molecule has 20 heavy (non-hydrogen) atoms. The number of rotatable bonds is 4. The Labute approximate surface area is 117 Å². The van der Waals surface area contributed by atoms with Gasteiger partial charge in [0.25, 0.3) is 5.56 Å². The van der Waals surface area contributed by atoms with Crippen molar-refractivity contribution in [2.75, 3.05) is 0 Å². The fraction of sp³-hybridized carbons (Fsp3) is 0.154. The van der Waals surface area contributed by atoms with E-state index >= 15 is 0 Å². The SMILES string of the molecule is CCc1nc(Sc2ccc(F)c(C(=O)O)c2)cc(=O)[nH]1. The van der Waals surface area contributed by atoms with Gasteiger partial charge >= 0.3 is 5.97 Å². The van der Waals surface area contributed by atoms with Gasteiger partial charge in [0.2, 0.25) is 0 Å². The van der Waals surface area contributed by atoms with Crippen LogP contribution in [0.1, 0.15) is 23.1 Å². The van der Waals surface area contributed by atoms with Gasteiger partial charge in [0.15, 0.2) is 0 Å². The zero-order valence-electron chi connectivity index (χ0n) is 10.5. The van der Waals surface area contributed by atoms with Gasteiger partial charge < -0.3 is 10.1 Å². The summed E-state index contributed by atoms with van der Waals surface area (Å²) in [5.74, 6) is -1.59. The minimum atomic E-state index is -1.34. The van der Waals surface area contributed by atoms with Crippen LogP contribution in [0.25, 0.3) is 0 Å². The topological polar surface area (TPSA) is 83.0 Å². The average Bonchev–Trinajstić information content (AvgIpc) is 2.40. The summed E-state index contributed by atoms with van der Waals surface area (Å²) in [4.78, 5) is 29.6. The molecule has 0 aliphatic heterocycles. The Morgan fingerprint density at radius 1 is 1.45 bits per heavy atom. The van der Waals surface area contributed by atoms with Gasteiger partial charge in [-0.3, -0.25) is 4.79 Å². The summed E-state index contributed by atoms with van der Waals surface area (Å²) in [6.45, 7) is 1.85. The van der Waals surface area contributed by atoms with Gasteiger partial charge in [-0.25, -0.2) is 14.2 Å². The van der Waals surface area contributed by atoms with Crippen LogP contribution in [0.3, 0.4) is 0 Å². The normalized spacial score (nSPS) is 10.5. The van der Waals surface area contributed by atoms with Crippen LogP contribution < -0.4 is 5.56 Å². The van der Waals surface area contributed by atoms with Crippen molar-refractivity contribution < 1.29 is 14.3 Å². The van der Waals surface area contributed by atoms with Gasteiger partial charge in [-0.15, -0.1) is 0 Å². The first-order valence-corrected chi connectivity index (χ1v) is 6.62. The number of carboxylic acid groups (broad SMARTS) is 1. The van der Waals surface area contributed by atoms with Crippen LogP contribution in [0.4, 0.5) is 4.39 Å². The Kier molecular flexibility index (Phi) is 4.19. The Bertz CT molecular complexity index is 715. The fourth-order valence-corrected chi connectivity index (χ4v) is 2.43. The summed E-state index contributed by atoms with van der Waals surface area (Å²) in [5.41, 5.74) is -0.685. The van der Waals surface area contributed by atoms with Crippen molar-refractivity contribution >= 4 is 17.7 Å². The lowest BCUT2D eigenvalue weighted by Crippen LogP contribution is -2.10. The van der Waals surface area contributed by atoms with Crippen LogP contribution in [-0.4, -0.2) is 21.0 Å². The molecule has 0 radical (unpaired) electrons. The van der Waals surface area contributed by atoms with E-state index in [1.165, 1.54) is 18.2 Å². The molecule has 0 aliphatic carbocycles. The highest BCUT2D eigenvalue weighted by Crippen LogP contribution is 2.26. The first-order chi connectivity index (χ1) is 9.49. The van der Waals surface area contributed by atoms with Gasteiger partial charge in [0.05, 0.1) is 5.56 Å². The van der Waals surface area contributed by atoms with Crippen molar-refractivity contribution in [3.63, 3.8) is 0 Å². The summed E-state index contributed by atoms with van der Waals surface area (Å²) in [5, 5.41) is 9.30. The van der Waals surface area contributed by atoms with Crippen LogP contribution >= 0.6 is 11.8 Å². The number of hydrogen-bond donors (Lipinski definition) is 2. The molecule has 1 aromatic carbocycles. The molecule has 2 aromatic rings. The van der Waals surface area contributed by atoms with Crippen molar-refractivity contribution in [1.82, 2.24) is 9.97 Å². The molecule has 0 fully saturated rings. The Morgan fingerprint density at radius 3 is 2.85 bits per heavy atom. The van der Waals surface area contributed by atoms with E-state index in [2.05, 4.69) is 9.97 Å². The third-order valence-corrected chi connectivity index (χ3v) is 3.40. The largest absolute Gasteiger partial charge is 0.478 e. The second-order valence-corrected chi connectivity index (χ2v) is 5.03. The Morgan fingerprint density at radius 2 is 2.20 bits per heavy atom. The van der Waals surface area contributed by atoms with Gasteiger partial charge in [0, 0.05) is 17.4 Å². The minimum Gasteiger partial charge on any atom is -0.478 e. The first kappa shape index (κ1) is 14.3. The van der Waals surface area contributed by atoms with E-state index < -0.39 is 17.3 Å². The number of aromatic amines is 1.